The van der Waals surface area contributed by atoms with E-state index in [1.807, 2.05) is 0 Å². The molecule has 0 bridgehead atoms. The Labute approximate surface area is 109 Å². The number of rotatable bonds is 3. The molecule has 5 nitrogen and oxygen atoms in total. The standard InChI is InChI=1S/C8H9O5P.Na/c1-12-8(9)14(10,11)13-7-5-3-2-4-6-7;/h2-6H,1H3,(H,10,11);/q;+1/p-1. The van der Waals surface area contributed by atoms with E-state index in [1.165, 1.54) is 12.1 Å². The largest absolute Gasteiger partial charge is 1.00 e. The number of hydrogen-bond donors (Lipinski definition) is 0. The smallest absolute Gasteiger partial charge is 0.761 e. The molecule has 0 amide bonds. The molecule has 0 radical (unpaired) electrons. The van der Waals surface area contributed by atoms with Crippen molar-refractivity contribution in [2.75, 3.05) is 7.11 Å². The number of carbonyl (C=O) groups excluding carboxylic acids is 1. The van der Waals surface area contributed by atoms with Gasteiger partial charge in [-0.05, 0) is 12.1 Å². The molecule has 0 N–H and O–H groups in total. The number of benzene rings is 1. The fourth-order valence-electron chi connectivity index (χ4n) is 0.769. The quantitative estimate of drug-likeness (QED) is 0.467. The van der Waals surface area contributed by atoms with Crippen LogP contribution in [-0.2, 0) is 9.30 Å². The van der Waals surface area contributed by atoms with Gasteiger partial charge in [-0.1, -0.05) is 18.2 Å². The van der Waals surface area contributed by atoms with E-state index in [0.29, 0.717) is 0 Å². The summed E-state index contributed by atoms with van der Waals surface area (Å²) in [5, 5.41) is 0. The number of ether oxygens (including phenoxy) is 1. The molecule has 0 saturated carbocycles. The molecular weight excluding hydrogens is 230 g/mol. The van der Waals surface area contributed by atoms with Gasteiger partial charge in [0.2, 0.25) is 0 Å². The third-order valence-corrected chi connectivity index (χ3v) is 2.45. The maximum atomic E-state index is 11.1. The van der Waals surface area contributed by atoms with Crippen molar-refractivity contribution < 1.29 is 53.1 Å². The summed E-state index contributed by atoms with van der Waals surface area (Å²) in [6.45, 7) is 0. The van der Waals surface area contributed by atoms with Crippen LogP contribution in [0.2, 0.25) is 0 Å². The molecule has 0 aromatic heterocycles. The van der Waals surface area contributed by atoms with Gasteiger partial charge in [-0.3, -0.25) is 4.57 Å². The van der Waals surface area contributed by atoms with E-state index in [9.17, 15) is 14.3 Å². The van der Waals surface area contributed by atoms with Gasteiger partial charge in [-0.2, -0.15) is 0 Å². The van der Waals surface area contributed by atoms with Crippen molar-refractivity contribution in [2.24, 2.45) is 0 Å². The average Bonchev–Trinajstić information content (AvgIpc) is 2.17. The second-order valence-electron chi connectivity index (χ2n) is 2.37. The minimum Gasteiger partial charge on any atom is -0.761 e. The van der Waals surface area contributed by atoms with Crippen molar-refractivity contribution in [3.8, 4) is 5.75 Å². The van der Waals surface area contributed by atoms with Crippen molar-refractivity contribution in [1.29, 1.82) is 0 Å². The average molecular weight is 238 g/mol. The fraction of sp³-hybridized carbons (Fsp3) is 0.125. The van der Waals surface area contributed by atoms with E-state index in [0.717, 1.165) is 7.11 Å². The molecule has 0 aliphatic heterocycles. The second-order valence-corrected chi connectivity index (χ2v) is 3.91. The Balaban J connectivity index is 0.00000196. The molecule has 7 heteroatoms. The predicted molar refractivity (Wildman–Crippen MR) is 47.1 cm³/mol. The number of carbonyl (C=O) groups is 1. The Morgan fingerprint density at radius 1 is 1.33 bits per heavy atom. The van der Waals surface area contributed by atoms with Gasteiger partial charge >= 0.3 is 35.3 Å². The summed E-state index contributed by atoms with van der Waals surface area (Å²) in [4.78, 5) is 21.8. The van der Waals surface area contributed by atoms with E-state index in [1.54, 1.807) is 18.2 Å². The maximum Gasteiger partial charge on any atom is 1.00 e. The van der Waals surface area contributed by atoms with Crippen LogP contribution in [0.5, 0.6) is 5.75 Å². The Morgan fingerprint density at radius 2 is 1.87 bits per heavy atom. The molecule has 0 saturated heterocycles. The zero-order valence-electron chi connectivity index (χ0n) is 8.38. The van der Waals surface area contributed by atoms with Crippen LogP contribution in [0.15, 0.2) is 30.3 Å². The number of para-hydroxylation sites is 1. The SMILES string of the molecule is COC(=O)P(=O)([O-])Oc1ccccc1.[Na+]. The van der Waals surface area contributed by atoms with Crippen molar-refractivity contribution in [1.82, 2.24) is 0 Å². The maximum absolute atomic E-state index is 11.1. The van der Waals surface area contributed by atoms with Crippen LogP contribution in [0.3, 0.4) is 0 Å². The zero-order valence-corrected chi connectivity index (χ0v) is 11.3. The second kappa shape index (κ2) is 6.30. The molecule has 0 fully saturated rings. The van der Waals surface area contributed by atoms with E-state index >= 15 is 0 Å². The van der Waals surface area contributed by atoms with Crippen LogP contribution in [0.1, 0.15) is 0 Å². The number of methoxy groups -OCH3 is 1. The summed E-state index contributed by atoms with van der Waals surface area (Å²) < 4.78 is 19.6. The van der Waals surface area contributed by atoms with Gasteiger partial charge < -0.3 is 14.2 Å². The Kier molecular flexibility index (Phi) is 6.17. The minimum absolute atomic E-state index is 0. The van der Waals surface area contributed by atoms with Gasteiger partial charge in [-0.25, -0.2) is 4.79 Å². The molecule has 15 heavy (non-hydrogen) atoms. The number of hydrogen-bond acceptors (Lipinski definition) is 5. The first-order valence-electron chi connectivity index (χ1n) is 3.70. The van der Waals surface area contributed by atoms with E-state index in [2.05, 4.69) is 9.26 Å². The molecule has 1 unspecified atom stereocenters. The molecular formula is C8H8NaO5P. The summed E-state index contributed by atoms with van der Waals surface area (Å²) in [5.41, 5.74) is -1.39. The summed E-state index contributed by atoms with van der Waals surface area (Å²) >= 11 is 0. The van der Waals surface area contributed by atoms with Gasteiger partial charge in [0.25, 0.3) is 7.60 Å². The predicted octanol–water partition coefficient (Wildman–Crippen LogP) is -1.61. The normalized spacial score (nSPS) is 13.2. The molecule has 0 aliphatic carbocycles. The van der Waals surface area contributed by atoms with E-state index in [-0.39, 0.29) is 35.3 Å². The zero-order chi connectivity index (χ0) is 10.6. The van der Waals surface area contributed by atoms with Crippen LogP contribution < -0.4 is 39.0 Å². The molecule has 76 valence electrons. The van der Waals surface area contributed by atoms with Crippen LogP contribution in [0.4, 0.5) is 4.79 Å². The summed E-state index contributed by atoms with van der Waals surface area (Å²) in [5.74, 6) is 0.0798. The van der Waals surface area contributed by atoms with Crippen molar-refractivity contribution in [3.05, 3.63) is 30.3 Å². The van der Waals surface area contributed by atoms with Crippen LogP contribution in [0.25, 0.3) is 0 Å². The van der Waals surface area contributed by atoms with Crippen LogP contribution in [0, 0.1) is 0 Å². The first-order valence-corrected chi connectivity index (χ1v) is 5.25. The van der Waals surface area contributed by atoms with Crippen molar-refractivity contribution in [2.45, 2.75) is 0 Å². The topological polar surface area (TPSA) is 75.7 Å². The summed E-state index contributed by atoms with van der Waals surface area (Å²) in [6, 6.07) is 7.72. The van der Waals surface area contributed by atoms with Gasteiger partial charge in [-0.15, -0.1) is 0 Å². The third kappa shape index (κ3) is 4.36. The van der Waals surface area contributed by atoms with Crippen molar-refractivity contribution in [3.63, 3.8) is 0 Å². The monoisotopic (exact) mass is 238 g/mol. The minimum atomic E-state index is -4.62. The first-order chi connectivity index (χ1) is 6.56. The third-order valence-electron chi connectivity index (χ3n) is 1.37. The molecule has 0 aliphatic rings. The molecule has 0 heterocycles. The van der Waals surface area contributed by atoms with Gasteiger partial charge in [0, 0.05) is 0 Å². The molecule has 1 atom stereocenters. The Hall–Kier alpha value is -0.320. The Morgan fingerprint density at radius 3 is 2.33 bits per heavy atom. The van der Waals surface area contributed by atoms with E-state index < -0.39 is 13.3 Å². The Bertz CT molecular complexity index is 367. The summed E-state index contributed by atoms with van der Waals surface area (Å²) in [7, 11) is -3.64. The van der Waals surface area contributed by atoms with Gasteiger partial charge in [0.1, 0.15) is 5.75 Å². The van der Waals surface area contributed by atoms with Gasteiger partial charge in [0.05, 0.1) is 7.11 Å². The van der Waals surface area contributed by atoms with E-state index in [4.69, 9.17) is 0 Å². The molecule has 1 aromatic carbocycles. The summed E-state index contributed by atoms with van der Waals surface area (Å²) in [6.07, 6.45) is 0. The first kappa shape index (κ1) is 14.7. The van der Waals surface area contributed by atoms with Gasteiger partial charge in [0.15, 0.2) is 0 Å². The van der Waals surface area contributed by atoms with Crippen LogP contribution in [-0.4, -0.2) is 12.8 Å². The van der Waals surface area contributed by atoms with Crippen molar-refractivity contribution >= 4 is 13.3 Å². The molecule has 1 aromatic rings. The van der Waals surface area contributed by atoms with Crippen LogP contribution >= 0.6 is 7.60 Å². The molecule has 0 spiro atoms. The molecule has 1 rings (SSSR count). The fourth-order valence-corrected chi connectivity index (χ4v) is 1.47.